The lowest BCUT2D eigenvalue weighted by Crippen LogP contribution is -2.25. The molecule has 0 saturated heterocycles. The fourth-order valence-corrected chi connectivity index (χ4v) is 2.15. The largest absolute Gasteiger partial charge is 0.303 e. The molecule has 0 amide bonds. The van der Waals surface area contributed by atoms with Gasteiger partial charge in [-0.3, -0.25) is 4.79 Å². The number of carbonyl (C=O) groups excluding carboxylic acids is 2. The van der Waals surface area contributed by atoms with Crippen LogP contribution in [0.4, 0.5) is 0 Å². The van der Waals surface area contributed by atoms with Gasteiger partial charge in [0, 0.05) is 12.3 Å². The van der Waals surface area contributed by atoms with Gasteiger partial charge in [0.1, 0.15) is 12.1 Å². The SMILES string of the molecule is CC(=O)[C@@H]1CCCC[C@@H]1CC=O. The number of ketones is 1. The Hall–Kier alpha value is -0.660. The molecule has 0 bridgehead atoms. The smallest absolute Gasteiger partial charge is 0.133 e. The second-order valence-electron chi connectivity index (χ2n) is 3.66. The van der Waals surface area contributed by atoms with Crippen molar-refractivity contribution in [2.24, 2.45) is 11.8 Å². The molecule has 0 N–H and O–H groups in total. The Kier molecular flexibility index (Phi) is 3.45. The quantitative estimate of drug-likeness (QED) is 0.604. The molecule has 2 heteroatoms. The zero-order valence-electron chi connectivity index (χ0n) is 7.58. The molecule has 0 heterocycles. The van der Waals surface area contributed by atoms with Crippen LogP contribution in [-0.4, -0.2) is 12.1 Å². The summed E-state index contributed by atoms with van der Waals surface area (Å²) in [5.74, 6) is 0.777. The Morgan fingerprint density at radius 2 is 2.08 bits per heavy atom. The van der Waals surface area contributed by atoms with Gasteiger partial charge in [0.25, 0.3) is 0 Å². The standard InChI is InChI=1S/C10H16O2/c1-8(12)10-5-3-2-4-9(10)6-7-11/h7,9-10H,2-6H2,1H3/t9-,10+/m1/s1. The normalized spacial score (nSPS) is 29.8. The van der Waals surface area contributed by atoms with E-state index in [4.69, 9.17) is 0 Å². The van der Waals surface area contributed by atoms with Crippen LogP contribution in [0.15, 0.2) is 0 Å². The minimum Gasteiger partial charge on any atom is -0.303 e. The third-order valence-corrected chi connectivity index (χ3v) is 2.83. The predicted octanol–water partition coefficient (Wildman–Crippen LogP) is 1.97. The van der Waals surface area contributed by atoms with Gasteiger partial charge in [-0.1, -0.05) is 12.8 Å². The fraction of sp³-hybridized carbons (Fsp3) is 0.800. The van der Waals surface area contributed by atoms with E-state index in [0.29, 0.717) is 12.3 Å². The molecule has 1 fully saturated rings. The molecule has 0 unspecified atom stereocenters. The molecular weight excluding hydrogens is 152 g/mol. The van der Waals surface area contributed by atoms with Gasteiger partial charge >= 0.3 is 0 Å². The lowest BCUT2D eigenvalue weighted by atomic mass is 9.76. The summed E-state index contributed by atoms with van der Waals surface area (Å²) in [5, 5.41) is 0. The number of aldehydes is 1. The first-order valence-electron chi connectivity index (χ1n) is 4.69. The highest BCUT2D eigenvalue weighted by Crippen LogP contribution is 2.32. The summed E-state index contributed by atoms with van der Waals surface area (Å²) < 4.78 is 0. The van der Waals surface area contributed by atoms with Crippen molar-refractivity contribution in [1.82, 2.24) is 0 Å². The number of hydrogen-bond donors (Lipinski definition) is 0. The molecule has 0 aromatic rings. The summed E-state index contributed by atoms with van der Waals surface area (Å²) in [7, 11) is 0. The zero-order valence-corrected chi connectivity index (χ0v) is 7.58. The van der Waals surface area contributed by atoms with Gasteiger partial charge in [-0.05, 0) is 25.7 Å². The van der Waals surface area contributed by atoms with Crippen molar-refractivity contribution in [2.75, 3.05) is 0 Å². The van der Waals surface area contributed by atoms with Crippen LogP contribution in [0, 0.1) is 11.8 Å². The van der Waals surface area contributed by atoms with Gasteiger partial charge in [0.2, 0.25) is 0 Å². The van der Waals surface area contributed by atoms with Crippen LogP contribution >= 0.6 is 0 Å². The van der Waals surface area contributed by atoms with Crippen LogP contribution in [0.25, 0.3) is 0 Å². The molecule has 2 nitrogen and oxygen atoms in total. The van der Waals surface area contributed by atoms with Gasteiger partial charge < -0.3 is 4.79 Å². The molecule has 0 aromatic carbocycles. The lowest BCUT2D eigenvalue weighted by molar-refractivity contribution is -0.123. The summed E-state index contributed by atoms with van der Waals surface area (Å²) in [5.41, 5.74) is 0. The molecule has 1 aliphatic rings. The summed E-state index contributed by atoms with van der Waals surface area (Å²) in [6.45, 7) is 1.65. The van der Waals surface area contributed by atoms with Crippen molar-refractivity contribution in [2.45, 2.75) is 39.0 Å². The van der Waals surface area contributed by atoms with E-state index in [9.17, 15) is 9.59 Å². The van der Waals surface area contributed by atoms with E-state index < -0.39 is 0 Å². The molecule has 2 atom stereocenters. The maximum absolute atomic E-state index is 11.2. The Bertz CT molecular complexity index is 175. The Morgan fingerprint density at radius 1 is 1.42 bits per heavy atom. The summed E-state index contributed by atoms with van der Waals surface area (Å²) in [6, 6.07) is 0. The van der Waals surface area contributed by atoms with Crippen LogP contribution in [0.5, 0.6) is 0 Å². The van der Waals surface area contributed by atoms with Crippen molar-refractivity contribution < 1.29 is 9.59 Å². The molecule has 0 spiro atoms. The average Bonchev–Trinajstić information content (AvgIpc) is 2.05. The van der Waals surface area contributed by atoms with E-state index in [-0.39, 0.29) is 11.7 Å². The highest BCUT2D eigenvalue weighted by Gasteiger charge is 2.27. The highest BCUT2D eigenvalue weighted by atomic mass is 16.1. The first-order valence-corrected chi connectivity index (χ1v) is 4.69. The first-order chi connectivity index (χ1) is 5.75. The van der Waals surface area contributed by atoms with Crippen LogP contribution in [0.2, 0.25) is 0 Å². The third kappa shape index (κ3) is 2.16. The van der Waals surface area contributed by atoms with Crippen LogP contribution in [-0.2, 0) is 9.59 Å². The Morgan fingerprint density at radius 3 is 2.67 bits per heavy atom. The van der Waals surface area contributed by atoms with Crippen LogP contribution < -0.4 is 0 Å². The van der Waals surface area contributed by atoms with Crippen molar-refractivity contribution in [1.29, 1.82) is 0 Å². The fourth-order valence-electron chi connectivity index (χ4n) is 2.15. The monoisotopic (exact) mass is 168 g/mol. The van der Waals surface area contributed by atoms with Gasteiger partial charge in [0.15, 0.2) is 0 Å². The molecule has 0 radical (unpaired) electrons. The molecule has 1 aliphatic carbocycles. The maximum Gasteiger partial charge on any atom is 0.133 e. The van der Waals surface area contributed by atoms with Crippen molar-refractivity contribution >= 4 is 12.1 Å². The summed E-state index contributed by atoms with van der Waals surface area (Å²) in [4.78, 5) is 21.5. The lowest BCUT2D eigenvalue weighted by Gasteiger charge is -2.28. The van der Waals surface area contributed by atoms with Gasteiger partial charge in [-0.15, -0.1) is 0 Å². The molecule has 0 aliphatic heterocycles. The van der Waals surface area contributed by atoms with Gasteiger partial charge in [-0.2, -0.15) is 0 Å². The molecule has 1 rings (SSSR count). The maximum atomic E-state index is 11.2. The number of carbonyl (C=O) groups is 2. The molecule has 68 valence electrons. The minimum absolute atomic E-state index is 0.170. The second kappa shape index (κ2) is 4.39. The van der Waals surface area contributed by atoms with Crippen molar-refractivity contribution in [3.8, 4) is 0 Å². The second-order valence-corrected chi connectivity index (χ2v) is 3.66. The van der Waals surface area contributed by atoms with E-state index in [1.54, 1.807) is 6.92 Å². The minimum atomic E-state index is 0.170. The number of rotatable bonds is 3. The van der Waals surface area contributed by atoms with E-state index in [1.807, 2.05) is 0 Å². The average molecular weight is 168 g/mol. The molecular formula is C10H16O2. The van der Waals surface area contributed by atoms with Crippen molar-refractivity contribution in [3.63, 3.8) is 0 Å². The predicted molar refractivity (Wildman–Crippen MR) is 46.8 cm³/mol. The molecule has 1 saturated carbocycles. The van der Waals surface area contributed by atoms with E-state index in [1.165, 1.54) is 6.42 Å². The Labute approximate surface area is 73.3 Å². The van der Waals surface area contributed by atoms with E-state index in [0.717, 1.165) is 25.5 Å². The number of hydrogen-bond acceptors (Lipinski definition) is 2. The third-order valence-electron chi connectivity index (χ3n) is 2.83. The topological polar surface area (TPSA) is 34.1 Å². The molecule has 12 heavy (non-hydrogen) atoms. The zero-order chi connectivity index (χ0) is 8.97. The van der Waals surface area contributed by atoms with Crippen molar-refractivity contribution in [3.05, 3.63) is 0 Å². The van der Waals surface area contributed by atoms with Crippen LogP contribution in [0.3, 0.4) is 0 Å². The Balaban J connectivity index is 2.53. The summed E-state index contributed by atoms with van der Waals surface area (Å²) >= 11 is 0. The molecule has 0 aromatic heterocycles. The summed E-state index contributed by atoms with van der Waals surface area (Å²) in [6.07, 6.45) is 5.91. The highest BCUT2D eigenvalue weighted by molar-refractivity contribution is 5.79. The van der Waals surface area contributed by atoms with Crippen LogP contribution in [0.1, 0.15) is 39.0 Å². The van der Waals surface area contributed by atoms with E-state index in [2.05, 4.69) is 0 Å². The van der Waals surface area contributed by atoms with Gasteiger partial charge in [-0.25, -0.2) is 0 Å². The van der Waals surface area contributed by atoms with E-state index >= 15 is 0 Å². The van der Waals surface area contributed by atoms with Gasteiger partial charge in [0.05, 0.1) is 0 Å². The first kappa shape index (κ1) is 9.43. The number of Topliss-reactive ketones (excluding diaryl/α,β-unsaturated/α-hetero) is 1.